The van der Waals surface area contributed by atoms with Crippen molar-refractivity contribution in [2.24, 2.45) is 18.9 Å². The number of allylic oxidation sites excluding steroid dienone is 2. The molecule has 3 rings (SSSR count). The molecule has 2 heterocycles. The topological polar surface area (TPSA) is 126 Å². The summed E-state index contributed by atoms with van der Waals surface area (Å²) in [4.78, 5) is 36.4. The average molecular weight is 372 g/mol. The molecule has 1 aliphatic carbocycles. The number of amides is 2. The van der Waals surface area contributed by atoms with Crippen molar-refractivity contribution in [3.05, 3.63) is 48.2 Å². The van der Waals surface area contributed by atoms with Crippen molar-refractivity contribution in [2.45, 2.75) is 19.4 Å². The number of rotatable bonds is 6. The lowest BCUT2D eigenvalue weighted by Crippen LogP contribution is -2.35. The minimum atomic E-state index is -1.01. The molecule has 2 aromatic rings. The molecule has 2 amide bonds. The molecule has 0 unspecified atom stereocenters. The normalized spacial score (nSPS) is 18.9. The largest absolute Gasteiger partial charge is 0.481 e. The molecule has 9 heteroatoms. The van der Waals surface area contributed by atoms with Crippen LogP contribution in [0.5, 0.6) is 0 Å². The van der Waals surface area contributed by atoms with E-state index in [1.165, 1.54) is 17.1 Å². The number of aromatic nitrogens is 2. The monoisotopic (exact) mass is 372 g/mol. The Morgan fingerprint density at radius 2 is 2.04 bits per heavy atom. The Morgan fingerprint density at radius 1 is 1.30 bits per heavy atom. The highest BCUT2D eigenvalue weighted by Gasteiger charge is 2.34. The highest BCUT2D eigenvalue weighted by molar-refractivity contribution is 6.03. The molecule has 27 heavy (non-hydrogen) atoms. The van der Waals surface area contributed by atoms with E-state index < -0.39 is 29.6 Å². The quantitative estimate of drug-likeness (QED) is 0.661. The summed E-state index contributed by atoms with van der Waals surface area (Å²) in [6, 6.07) is 3.44. The first-order chi connectivity index (χ1) is 13.0. The highest BCUT2D eigenvalue weighted by Crippen LogP contribution is 2.27. The van der Waals surface area contributed by atoms with Crippen LogP contribution in [0.25, 0.3) is 0 Å². The first-order valence-electron chi connectivity index (χ1n) is 8.48. The van der Waals surface area contributed by atoms with E-state index in [-0.39, 0.29) is 17.9 Å². The molecule has 0 spiro atoms. The van der Waals surface area contributed by atoms with Crippen LogP contribution in [0.4, 0.5) is 5.69 Å². The number of furan rings is 1. The molecule has 0 saturated carbocycles. The number of aryl methyl sites for hydroxylation is 1. The summed E-state index contributed by atoms with van der Waals surface area (Å²) < 4.78 is 6.57. The number of aliphatic carboxylic acids is 1. The molecule has 2 aromatic heterocycles. The zero-order chi connectivity index (χ0) is 19.4. The van der Waals surface area contributed by atoms with E-state index in [1.807, 2.05) is 0 Å². The fourth-order valence-corrected chi connectivity index (χ4v) is 3.01. The Morgan fingerprint density at radius 3 is 2.70 bits per heavy atom. The minimum Gasteiger partial charge on any atom is -0.481 e. The van der Waals surface area contributed by atoms with Gasteiger partial charge < -0.3 is 20.2 Å². The Hall–Kier alpha value is -3.36. The third-order valence-electron chi connectivity index (χ3n) is 4.39. The number of nitrogens with zero attached hydrogens (tertiary/aromatic N) is 2. The molecule has 142 valence electrons. The SMILES string of the molecule is Cn1cc(NC(=O)[C@H]2CC=CC[C@@H]2C(=O)O)c(C(=O)NCc2ccco2)n1. The van der Waals surface area contributed by atoms with Crippen LogP contribution in [0.3, 0.4) is 0 Å². The fourth-order valence-electron chi connectivity index (χ4n) is 3.01. The predicted molar refractivity (Wildman–Crippen MR) is 94.7 cm³/mol. The average Bonchev–Trinajstić information content (AvgIpc) is 3.29. The van der Waals surface area contributed by atoms with Gasteiger partial charge in [-0.05, 0) is 25.0 Å². The molecular weight excluding hydrogens is 352 g/mol. The smallest absolute Gasteiger partial charge is 0.307 e. The van der Waals surface area contributed by atoms with Crippen LogP contribution in [0.1, 0.15) is 29.1 Å². The summed E-state index contributed by atoms with van der Waals surface area (Å²) in [6.45, 7) is 0.185. The van der Waals surface area contributed by atoms with Crippen LogP contribution in [-0.2, 0) is 23.2 Å². The van der Waals surface area contributed by atoms with Crippen LogP contribution in [0.15, 0.2) is 41.2 Å². The van der Waals surface area contributed by atoms with Crippen LogP contribution in [0.2, 0.25) is 0 Å². The van der Waals surface area contributed by atoms with E-state index >= 15 is 0 Å². The molecular formula is C18H20N4O5. The Balaban J connectivity index is 1.71. The summed E-state index contributed by atoms with van der Waals surface area (Å²) in [5, 5.41) is 18.7. The van der Waals surface area contributed by atoms with Crippen LogP contribution in [0, 0.1) is 11.8 Å². The lowest BCUT2D eigenvalue weighted by atomic mass is 9.82. The number of anilines is 1. The standard InChI is InChI=1S/C18H20N4O5/c1-22-10-14(15(21-22)17(24)19-9-11-5-4-8-27-11)20-16(23)12-6-2-3-7-13(12)18(25)26/h2-5,8,10,12-13H,6-7,9H2,1H3,(H,19,24)(H,20,23)(H,25,26)/t12-,13-/m0/s1. The van der Waals surface area contributed by atoms with Gasteiger partial charge in [0.15, 0.2) is 5.69 Å². The molecule has 9 nitrogen and oxygen atoms in total. The van der Waals surface area contributed by atoms with Gasteiger partial charge in [-0.25, -0.2) is 0 Å². The van der Waals surface area contributed by atoms with Crippen molar-refractivity contribution in [1.82, 2.24) is 15.1 Å². The number of hydrogen-bond acceptors (Lipinski definition) is 5. The van der Waals surface area contributed by atoms with Crippen molar-refractivity contribution in [2.75, 3.05) is 5.32 Å². The summed E-state index contributed by atoms with van der Waals surface area (Å²) in [7, 11) is 1.63. The van der Waals surface area contributed by atoms with Crippen LogP contribution >= 0.6 is 0 Å². The number of carboxylic acid groups (broad SMARTS) is 1. The van der Waals surface area contributed by atoms with Crippen molar-refractivity contribution >= 4 is 23.5 Å². The van der Waals surface area contributed by atoms with E-state index in [1.54, 1.807) is 31.3 Å². The molecule has 0 aliphatic heterocycles. The van der Waals surface area contributed by atoms with Gasteiger partial charge in [-0.2, -0.15) is 5.10 Å². The third-order valence-corrected chi connectivity index (χ3v) is 4.39. The molecule has 3 N–H and O–H groups in total. The number of carboxylic acids is 1. The third kappa shape index (κ3) is 4.25. The van der Waals surface area contributed by atoms with Gasteiger partial charge in [-0.1, -0.05) is 12.2 Å². The van der Waals surface area contributed by atoms with Gasteiger partial charge in [-0.15, -0.1) is 0 Å². The highest BCUT2D eigenvalue weighted by atomic mass is 16.4. The van der Waals surface area contributed by atoms with Crippen molar-refractivity contribution in [3.63, 3.8) is 0 Å². The van der Waals surface area contributed by atoms with Gasteiger partial charge >= 0.3 is 5.97 Å². The predicted octanol–water partition coefficient (Wildman–Crippen LogP) is 1.55. The number of nitrogens with one attached hydrogen (secondary N) is 2. The van der Waals surface area contributed by atoms with Gasteiger partial charge in [0.2, 0.25) is 5.91 Å². The molecule has 0 bridgehead atoms. The molecule has 1 aliphatic rings. The van der Waals surface area contributed by atoms with Gasteiger partial charge in [0.1, 0.15) is 5.76 Å². The van der Waals surface area contributed by atoms with E-state index in [0.717, 1.165) is 0 Å². The fraction of sp³-hybridized carbons (Fsp3) is 0.333. The first-order valence-corrected chi connectivity index (χ1v) is 8.48. The summed E-state index contributed by atoms with van der Waals surface area (Å²) in [5.41, 5.74) is 0.286. The maximum Gasteiger partial charge on any atom is 0.307 e. The zero-order valence-electron chi connectivity index (χ0n) is 14.7. The summed E-state index contributed by atoms with van der Waals surface area (Å²) >= 11 is 0. The Labute approximate surface area is 155 Å². The summed E-state index contributed by atoms with van der Waals surface area (Å²) in [5.74, 6) is -2.83. The van der Waals surface area contributed by atoms with E-state index in [2.05, 4.69) is 15.7 Å². The molecule has 0 radical (unpaired) electrons. The van der Waals surface area contributed by atoms with Gasteiger partial charge in [0.05, 0.1) is 30.3 Å². The maximum atomic E-state index is 12.6. The zero-order valence-corrected chi connectivity index (χ0v) is 14.7. The van der Waals surface area contributed by atoms with Crippen molar-refractivity contribution < 1.29 is 23.9 Å². The number of hydrogen-bond donors (Lipinski definition) is 3. The van der Waals surface area contributed by atoms with Crippen molar-refractivity contribution in [3.8, 4) is 0 Å². The maximum absolute atomic E-state index is 12.6. The minimum absolute atomic E-state index is 0.0515. The second-order valence-electron chi connectivity index (χ2n) is 6.31. The first kappa shape index (κ1) is 18.4. The Kier molecular flexibility index (Phi) is 5.39. The molecule has 0 fully saturated rings. The number of carbonyl (C=O) groups is 3. The van der Waals surface area contributed by atoms with E-state index in [4.69, 9.17) is 4.42 Å². The van der Waals surface area contributed by atoms with Gasteiger partial charge in [0, 0.05) is 13.2 Å². The van der Waals surface area contributed by atoms with Crippen LogP contribution < -0.4 is 10.6 Å². The van der Waals surface area contributed by atoms with Crippen molar-refractivity contribution in [1.29, 1.82) is 0 Å². The summed E-state index contributed by atoms with van der Waals surface area (Å²) in [6.07, 6.45) is 7.21. The molecule has 2 atom stereocenters. The van der Waals surface area contributed by atoms with Crippen LogP contribution in [-0.4, -0.2) is 32.7 Å². The second-order valence-corrected chi connectivity index (χ2v) is 6.31. The second kappa shape index (κ2) is 7.90. The molecule has 0 saturated heterocycles. The molecule has 0 aromatic carbocycles. The lowest BCUT2D eigenvalue weighted by Gasteiger charge is -2.24. The number of carbonyl (C=O) groups excluding carboxylic acids is 2. The van der Waals surface area contributed by atoms with E-state index in [9.17, 15) is 19.5 Å². The van der Waals surface area contributed by atoms with Gasteiger partial charge in [-0.3, -0.25) is 19.1 Å². The lowest BCUT2D eigenvalue weighted by molar-refractivity contribution is -0.146. The Bertz CT molecular complexity index is 868. The van der Waals surface area contributed by atoms with Gasteiger partial charge in [0.25, 0.3) is 5.91 Å². The van der Waals surface area contributed by atoms with E-state index in [0.29, 0.717) is 18.6 Å².